The molecule has 1 aromatic carbocycles. The van der Waals surface area contributed by atoms with Crippen LogP contribution >= 0.6 is 0 Å². The van der Waals surface area contributed by atoms with E-state index in [4.69, 9.17) is 11.2 Å². The number of terminal acetylenes is 1. The maximum atomic E-state index is 12.3. The van der Waals surface area contributed by atoms with Gasteiger partial charge in [-0.25, -0.2) is 4.79 Å². The van der Waals surface area contributed by atoms with Crippen LogP contribution < -0.4 is 0 Å². The van der Waals surface area contributed by atoms with Crippen molar-refractivity contribution in [2.45, 2.75) is 31.5 Å². The van der Waals surface area contributed by atoms with Crippen molar-refractivity contribution in [3.8, 4) is 12.3 Å². The molecule has 21 heavy (non-hydrogen) atoms. The third-order valence-electron chi connectivity index (χ3n) is 3.43. The molecule has 0 saturated carbocycles. The van der Waals surface area contributed by atoms with Crippen LogP contribution in [-0.4, -0.2) is 28.9 Å². The Balaban J connectivity index is 2.06. The minimum Gasteiger partial charge on any atom is -0.445 e. The van der Waals surface area contributed by atoms with E-state index in [-0.39, 0.29) is 25.2 Å². The van der Waals surface area contributed by atoms with Crippen molar-refractivity contribution in [3.05, 3.63) is 48.6 Å². The van der Waals surface area contributed by atoms with Gasteiger partial charge >= 0.3 is 6.09 Å². The van der Waals surface area contributed by atoms with E-state index in [1.54, 1.807) is 6.08 Å². The first kappa shape index (κ1) is 14.9. The lowest BCUT2D eigenvalue weighted by Crippen LogP contribution is -2.51. The summed E-state index contributed by atoms with van der Waals surface area (Å²) in [5, 5.41) is 0. The Kier molecular flexibility index (Phi) is 4.78. The van der Waals surface area contributed by atoms with Gasteiger partial charge in [-0.3, -0.25) is 9.69 Å². The Hall–Kier alpha value is -2.54. The van der Waals surface area contributed by atoms with Gasteiger partial charge in [0.15, 0.2) is 0 Å². The lowest BCUT2D eigenvalue weighted by atomic mass is 9.95. The molecule has 0 N–H and O–H groups in total. The van der Waals surface area contributed by atoms with Crippen molar-refractivity contribution in [2.75, 3.05) is 0 Å². The van der Waals surface area contributed by atoms with Gasteiger partial charge < -0.3 is 4.74 Å². The highest BCUT2D eigenvalue weighted by atomic mass is 16.6. The number of rotatable bonds is 3. The molecular weight excluding hydrogens is 266 g/mol. The van der Waals surface area contributed by atoms with Gasteiger partial charge in [-0.1, -0.05) is 42.3 Å². The van der Waals surface area contributed by atoms with E-state index in [1.807, 2.05) is 30.3 Å². The van der Waals surface area contributed by atoms with Gasteiger partial charge in [-0.2, -0.15) is 0 Å². The molecule has 2 atom stereocenters. The zero-order valence-corrected chi connectivity index (χ0v) is 11.7. The molecule has 4 nitrogen and oxygen atoms in total. The molecule has 0 radical (unpaired) electrons. The summed E-state index contributed by atoms with van der Waals surface area (Å²) in [6, 6.07) is 8.41. The maximum absolute atomic E-state index is 12.3. The van der Waals surface area contributed by atoms with Crippen molar-refractivity contribution in [1.29, 1.82) is 0 Å². The van der Waals surface area contributed by atoms with E-state index in [2.05, 4.69) is 12.5 Å². The quantitative estimate of drug-likeness (QED) is 0.632. The maximum Gasteiger partial charge on any atom is 0.411 e. The van der Waals surface area contributed by atoms with Crippen LogP contribution in [0.15, 0.2) is 43.0 Å². The standard InChI is InChI=1S/C17H17NO3/c1-3-14-10-16(19)11-15(4-2)18(14)17(20)21-12-13-8-6-5-7-9-13/h1,4-9,14-15H,2,10-12H2/t14-,15+/m1/s1. The molecular formula is C17H17NO3. The number of carbonyl (C=O) groups is 2. The van der Waals surface area contributed by atoms with Gasteiger partial charge in [0.1, 0.15) is 18.4 Å². The predicted octanol–water partition coefficient (Wildman–Crippen LogP) is 2.54. The summed E-state index contributed by atoms with van der Waals surface area (Å²) in [4.78, 5) is 25.3. The second-order valence-corrected chi connectivity index (χ2v) is 4.88. The average Bonchev–Trinajstić information content (AvgIpc) is 2.52. The largest absolute Gasteiger partial charge is 0.445 e. The summed E-state index contributed by atoms with van der Waals surface area (Å²) in [5.74, 6) is 2.52. The van der Waals surface area contributed by atoms with E-state index in [0.717, 1.165) is 5.56 Å². The van der Waals surface area contributed by atoms with E-state index in [9.17, 15) is 9.59 Å². The number of carbonyl (C=O) groups excluding carboxylic acids is 2. The number of piperidine rings is 1. The number of nitrogens with zero attached hydrogens (tertiary/aromatic N) is 1. The summed E-state index contributed by atoms with van der Waals surface area (Å²) < 4.78 is 5.30. The van der Waals surface area contributed by atoms with Crippen LogP contribution in [0.2, 0.25) is 0 Å². The van der Waals surface area contributed by atoms with Crippen LogP contribution in [0.4, 0.5) is 4.79 Å². The van der Waals surface area contributed by atoms with Crippen LogP contribution in [0.1, 0.15) is 18.4 Å². The van der Waals surface area contributed by atoms with E-state index in [0.29, 0.717) is 0 Å². The summed E-state index contributed by atoms with van der Waals surface area (Å²) in [6.07, 6.45) is 6.88. The number of ketones is 1. The molecule has 108 valence electrons. The Morgan fingerprint density at radius 3 is 2.76 bits per heavy atom. The first-order valence-corrected chi connectivity index (χ1v) is 6.75. The summed E-state index contributed by atoms with van der Waals surface area (Å²) >= 11 is 0. The van der Waals surface area contributed by atoms with Gasteiger partial charge in [-0.15, -0.1) is 13.0 Å². The highest BCUT2D eigenvalue weighted by Gasteiger charge is 2.36. The Morgan fingerprint density at radius 2 is 2.14 bits per heavy atom. The third kappa shape index (κ3) is 3.51. The first-order valence-electron chi connectivity index (χ1n) is 6.75. The minimum atomic E-state index is -0.572. The molecule has 1 amide bonds. The molecule has 0 spiro atoms. The second kappa shape index (κ2) is 6.76. The fourth-order valence-corrected chi connectivity index (χ4v) is 2.35. The zero-order valence-electron chi connectivity index (χ0n) is 11.7. The topological polar surface area (TPSA) is 46.6 Å². The molecule has 1 aliphatic heterocycles. The van der Waals surface area contributed by atoms with Crippen LogP contribution in [0.25, 0.3) is 0 Å². The molecule has 0 unspecified atom stereocenters. The Bertz CT molecular complexity index is 573. The van der Waals surface area contributed by atoms with Gasteiger partial charge in [0.25, 0.3) is 0 Å². The van der Waals surface area contributed by atoms with Crippen LogP contribution in [0.5, 0.6) is 0 Å². The number of hydrogen-bond donors (Lipinski definition) is 0. The Morgan fingerprint density at radius 1 is 1.43 bits per heavy atom. The number of benzene rings is 1. The van der Waals surface area contributed by atoms with Crippen molar-refractivity contribution < 1.29 is 14.3 Å². The van der Waals surface area contributed by atoms with Crippen molar-refractivity contribution in [1.82, 2.24) is 4.90 Å². The van der Waals surface area contributed by atoms with E-state index < -0.39 is 18.2 Å². The van der Waals surface area contributed by atoms with Crippen molar-refractivity contribution >= 4 is 11.9 Å². The van der Waals surface area contributed by atoms with Gasteiger partial charge in [0.2, 0.25) is 0 Å². The number of ether oxygens (including phenoxy) is 1. The third-order valence-corrected chi connectivity index (χ3v) is 3.43. The monoisotopic (exact) mass is 283 g/mol. The average molecular weight is 283 g/mol. The minimum absolute atomic E-state index is 0.0370. The van der Waals surface area contributed by atoms with Crippen molar-refractivity contribution in [2.24, 2.45) is 0 Å². The van der Waals surface area contributed by atoms with Crippen molar-refractivity contribution in [3.63, 3.8) is 0 Å². The normalized spacial score (nSPS) is 21.5. The van der Waals surface area contributed by atoms with E-state index >= 15 is 0 Å². The lowest BCUT2D eigenvalue weighted by molar-refractivity contribution is -0.123. The highest BCUT2D eigenvalue weighted by Crippen LogP contribution is 2.22. The number of hydrogen-bond acceptors (Lipinski definition) is 3. The van der Waals surface area contributed by atoms with Gasteiger partial charge in [0, 0.05) is 12.8 Å². The molecule has 1 fully saturated rings. The number of likely N-dealkylation sites (tertiary alicyclic amines) is 1. The molecule has 1 saturated heterocycles. The van der Waals surface area contributed by atoms with Gasteiger partial charge in [-0.05, 0) is 5.56 Å². The summed E-state index contributed by atoms with van der Waals surface area (Å²) in [7, 11) is 0. The molecule has 1 aromatic rings. The van der Waals surface area contributed by atoms with E-state index in [1.165, 1.54) is 4.90 Å². The molecule has 1 aliphatic rings. The van der Waals surface area contributed by atoms with Crippen LogP contribution in [-0.2, 0) is 16.1 Å². The Labute approximate surface area is 124 Å². The second-order valence-electron chi connectivity index (χ2n) is 4.88. The number of Topliss-reactive ketones (excluding diaryl/α,β-unsaturated/α-hetero) is 1. The molecule has 0 aliphatic carbocycles. The molecule has 1 heterocycles. The molecule has 0 bridgehead atoms. The zero-order chi connectivity index (χ0) is 15.2. The molecule has 4 heteroatoms. The summed E-state index contributed by atoms with van der Waals surface area (Å²) in [6.45, 7) is 3.84. The first-order chi connectivity index (χ1) is 10.2. The van der Waals surface area contributed by atoms with Crippen LogP contribution in [0, 0.1) is 12.3 Å². The highest BCUT2D eigenvalue weighted by molar-refractivity contribution is 5.84. The smallest absolute Gasteiger partial charge is 0.411 e. The lowest BCUT2D eigenvalue weighted by Gasteiger charge is -2.36. The fraction of sp³-hybridized carbons (Fsp3) is 0.294. The number of amides is 1. The SMILES string of the molecule is C#C[C@@H]1CC(=O)C[C@H](C=C)N1C(=O)OCc1ccccc1. The predicted molar refractivity (Wildman–Crippen MR) is 79.3 cm³/mol. The fourth-order valence-electron chi connectivity index (χ4n) is 2.35. The summed E-state index contributed by atoms with van der Waals surface area (Å²) in [5.41, 5.74) is 0.895. The van der Waals surface area contributed by atoms with Gasteiger partial charge in [0.05, 0.1) is 6.04 Å². The molecule has 2 rings (SSSR count). The molecule has 0 aromatic heterocycles. The van der Waals surface area contributed by atoms with Crippen LogP contribution in [0.3, 0.4) is 0 Å².